The summed E-state index contributed by atoms with van der Waals surface area (Å²) >= 11 is 0. The number of carbonyl (C=O) groups is 2. The van der Waals surface area contributed by atoms with Gasteiger partial charge in [0.15, 0.2) is 8.15 Å². The van der Waals surface area contributed by atoms with Gasteiger partial charge in [-0.15, -0.1) is 0 Å². The normalized spacial score (nSPS) is 11.6. The van der Waals surface area contributed by atoms with Crippen molar-refractivity contribution < 1.29 is 23.4 Å². The molecule has 44 heavy (non-hydrogen) atoms. The summed E-state index contributed by atoms with van der Waals surface area (Å²) in [4.78, 5) is 25.1. The van der Waals surface area contributed by atoms with E-state index in [1.165, 1.54) is 45.6 Å². The second-order valence-electron chi connectivity index (χ2n) is 11.1. The van der Waals surface area contributed by atoms with E-state index < -0.39 is 20.2 Å². The molecule has 0 aliphatic carbocycles. The molecule has 3 rings (SSSR count). The third-order valence-electron chi connectivity index (χ3n) is 7.54. The lowest BCUT2D eigenvalue weighted by atomic mass is 10.0. The van der Waals surface area contributed by atoms with Gasteiger partial charge in [0, 0.05) is 23.1 Å². The number of amides is 1. The van der Waals surface area contributed by atoms with Crippen LogP contribution in [0.1, 0.15) is 89.5 Å². The molecule has 0 bridgehead atoms. The van der Waals surface area contributed by atoms with Crippen molar-refractivity contribution >= 4 is 40.1 Å². The second-order valence-corrected chi connectivity index (χ2v) is 13.1. The zero-order valence-electron chi connectivity index (χ0n) is 26.3. The van der Waals surface area contributed by atoms with Crippen LogP contribution in [0.15, 0.2) is 78.9 Å². The molecular formula is C36H49NO5P2. The molecule has 0 radical (unpaired) electrons. The number of esters is 1. The highest BCUT2D eigenvalue weighted by Gasteiger charge is 2.21. The van der Waals surface area contributed by atoms with Crippen LogP contribution in [0, 0.1) is 0 Å². The summed E-state index contributed by atoms with van der Waals surface area (Å²) in [7, 11) is 2.58. The molecule has 0 heterocycles. The molecular weight excluding hydrogens is 588 g/mol. The van der Waals surface area contributed by atoms with Gasteiger partial charge in [-0.05, 0) is 43.4 Å². The largest absolute Gasteiger partial charge is 0.480 e. The molecule has 0 saturated heterocycles. The SMILES string of the molecule is CCCCCCCCCCCC(=O)N[C@@H](CCCc1cc(OP)cc(OP(c2ccccc2)c2ccccc2)c1)C(=O)OC. The summed E-state index contributed by atoms with van der Waals surface area (Å²) in [6, 6.07) is 25.7. The summed E-state index contributed by atoms with van der Waals surface area (Å²) in [5, 5.41) is 5.15. The van der Waals surface area contributed by atoms with Crippen molar-refractivity contribution in [3.05, 3.63) is 84.4 Å². The van der Waals surface area contributed by atoms with E-state index in [0.717, 1.165) is 41.2 Å². The minimum atomic E-state index is -1.08. The minimum Gasteiger partial charge on any atom is -0.480 e. The Morgan fingerprint density at radius 2 is 1.34 bits per heavy atom. The average Bonchev–Trinajstić information content (AvgIpc) is 3.06. The first-order valence-corrected chi connectivity index (χ1v) is 17.7. The fraction of sp³-hybridized carbons (Fsp3) is 0.444. The fourth-order valence-corrected chi connectivity index (χ4v) is 6.99. The lowest BCUT2D eigenvalue weighted by Gasteiger charge is -2.20. The van der Waals surface area contributed by atoms with E-state index in [1.807, 2.05) is 54.6 Å². The van der Waals surface area contributed by atoms with E-state index in [-0.39, 0.29) is 5.91 Å². The Morgan fingerprint density at radius 1 is 0.773 bits per heavy atom. The molecule has 0 saturated carbocycles. The van der Waals surface area contributed by atoms with Crippen LogP contribution in [0.5, 0.6) is 11.5 Å². The molecule has 3 aromatic carbocycles. The van der Waals surface area contributed by atoms with Crippen molar-refractivity contribution in [3.8, 4) is 11.5 Å². The molecule has 8 heteroatoms. The number of ether oxygens (including phenoxy) is 1. The summed E-state index contributed by atoms with van der Waals surface area (Å²) in [6.45, 7) is 2.23. The van der Waals surface area contributed by atoms with E-state index in [1.54, 1.807) is 0 Å². The van der Waals surface area contributed by atoms with Gasteiger partial charge in [-0.3, -0.25) is 4.79 Å². The Hall–Kier alpha value is -2.94. The number of hydrogen-bond donors (Lipinski definition) is 1. The number of methoxy groups -OCH3 is 1. The molecule has 238 valence electrons. The van der Waals surface area contributed by atoms with Crippen molar-refractivity contribution in [1.82, 2.24) is 5.32 Å². The van der Waals surface area contributed by atoms with Crippen molar-refractivity contribution in [1.29, 1.82) is 0 Å². The molecule has 1 N–H and O–H groups in total. The minimum absolute atomic E-state index is 0.0902. The first-order chi connectivity index (χ1) is 21.5. The maximum Gasteiger partial charge on any atom is 0.328 e. The maximum atomic E-state index is 12.6. The van der Waals surface area contributed by atoms with Crippen LogP contribution in [-0.2, 0) is 20.7 Å². The molecule has 0 spiro atoms. The molecule has 6 nitrogen and oxygen atoms in total. The van der Waals surface area contributed by atoms with Gasteiger partial charge < -0.3 is 19.1 Å². The predicted octanol–water partition coefficient (Wildman–Crippen LogP) is 8.18. The first kappa shape index (κ1) is 35.5. The van der Waals surface area contributed by atoms with Crippen LogP contribution in [0.3, 0.4) is 0 Å². The summed E-state index contributed by atoms with van der Waals surface area (Å²) in [5.74, 6) is 0.898. The van der Waals surface area contributed by atoms with E-state index in [0.29, 0.717) is 31.4 Å². The molecule has 2 atom stereocenters. The summed E-state index contributed by atoms with van der Waals surface area (Å²) in [6.07, 6.45) is 13.1. The number of benzene rings is 3. The predicted molar refractivity (Wildman–Crippen MR) is 185 cm³/mol. The maximum absolute atomic E-state index is 12.6. The molecule has 0 aliphatic rings. The number of rotatable bonds is 21. The molecule has 3 aromatic rings. The molecule has 0 aromatic heterocycles. The van der Waals surface area contributed by atoms with Crippen LogP contribution in [0.2, 0.25) is 0 Å². The van der Waals surface area contributed by atoms with Gasteiger partial charge in [0.1, 0.15) is 17.5 Å². The van der Waals surface area contributed by atoms with Crippen LogP contribution in [-0.4, -0.2) is 25.0 Å². The van der Waals surface area contributed by atoms with E-state index in [9.17, 15) is 9.59 Å². The first-order valence-electron chi connectivity index (χ1n) is 16.0. The Labute approximate surface area is 267 Å². The van der Waals surface area contributed by atoms with Gasteiger partial charge in [-0.1, -0.05) is 119 Å². The number of aryl methyl sites for hydroxylation is 1. The highest BCUT2D eigenvalue weighted by Crippen LogP contribution is 2.38. The third kappa shape index (κ3) is 13.0. The number of nitrogens with one attached hydrogen (secondary N) is 1. The van der Waals surface area contributed by atoms with Gasteiger partial charge in [0.25, 0.3) is 0 Å². The zero-order valence-corrected chi connectivity index (χ0v) is 28.4. The molecule has 0 aliphatic heterocycles. The van der Waals surface area contributed by atoms with Gasteiger partial charge in [0.05, 0.1) is 16.6 Å². The standard InChI is InChI=1S/C36H49NO5P2/c1-3-4-5-6-7-8-9-10-17-25-35(38)37-34(36(39)40-2)24-18-19-29-26-30(41-43)28-31(27-29)42-44(32-20-13-11-14-21-32)33-22-15-12-16-23-33/h11-16,20-23,26-28,34H,3-10,17-19,24-25,43H2,1-2H3,(H,37,38)/t34-/m0/s1. The monoisotopic (exact) mass is 637 g/mol. The van der Waals surface area contributed by atoms with Crippen molar-refractivity contribution in [2.24, 2.45) is 0 Å². The fourth-order valence-electron chi connectivity index (χ4n) is 5.15. The third-order valence-corrected chi connectivity index (χ3v) is 9.74. The lowest BCUT2D eigenvalue weighted by molar-refractivity contribution is -0.145. The zero-order chi connectivity index (χ0) is 31.4. The Morgan fingerprint density at radius 3 is 1.91 bits per heavy atom. The average molecular weight is 638 g/mol. The van der Waals surface area contributed by atoms with Crippen molar-refractivity contribution in [2.45, 2.75) is 96.4 Å². The van der Waals surface area contributed by atoms with Crippen molar-refractivity contribution in [2.75, 3.05) is 7.11 Å². The van der Waals surface area contributed by atoms with Gasteiger partial charge >= 0.3 is 5.97 Å². The van der Waals surface area contributed by atoms with E-state index >= 15 is 0 Å². The van der Waals surface area contributed by atoms with Crippen LogP contribution in [0.25, 0.3) is 0 Å². The van der Waals surface area contributed by atoms with Crippen LogP contribution in [0.4, 0.5) is 0 Å². The molecule has 0 fully saturated rings. The topological polar surface area (TPSA) is 73.9 Å². The van der Waals surface area contributed by atoms with Crippen molar-refractivity contribution in [3.63, 3.8) is 0 Å². The number of hydrogen-bond acceptors (Lipinski definition) is 5. The number of carbonyl (C=O) groups excluding carboxylic acids is 2. The van der Waals surface area contributed by atoms with Gasteiger partial charge in [0.2, 0.25) is 5.91 Å². The highest BCUT2D eigenvalue weighted by atomic mass is 31.1. The second kappa shape index (κ2) is 20.9. The van der Waals surface area contributed by atoms with Gasteiger partial charge in [-0.25, -0.2) is 4.79 Å². The quantitative estimate of drug-likeness (QED) is 0.0725. The summed E-state index contributed by atoms with van der Waals surface area (Å²) in [5.41, 5.74) is 1.03. The molecule has 1 unspecified atom stereocenters. The smallest absolute Gasteiger partial charge is 0.328 e. The lowest BCUT2D eigenvalue weighted by Crippen LogP contribution is -2.41. The molecule has 1 amide bonds. The Balaban J connectivity index is 1.54. The number of unbranched alkanes of at least 4 members (excludes halogenated alkanes) is 8. The Kier molecular flexibility index (Phi) is 16.9. The van der Waals surface area contributed by atoms with E-state index in [4.69, 9.17) is 13.8 Å². The van der Waals surface area contributed by atoms with Gasteiger partial charge in [-0.2, -0.15) is 0 Å². The van der Waals surface area contributed by atoms with Crippen LogP contribution >= 0.6 is 17.6 Å². The van der Waals surface area contributed by atoms with E-state index in [2.05, 4.69) is 46.0 Å². The van der Waals surface area contributed by atoms with Crippen LogP contribution < -0.4 is 25.0 Å². The summed E-state index contributed by atoms with van der Waals surface area (Å²) < 4.78 is 17.2. The highest BCUT2D eigenvalue weighted by molar-refractivity contribution is 7.68. The Bertz CT molecular complexity index is 1200.